The molecule has 0 spiro atoms. The number of halogens is 1. The van der Waals surface area contributed by atoms with Gasteiger partial charge in [-0.05, 0) is 62.2 Å². The molecule has 2 heterocycles. The second kappa shape index (κ2) is 11.8. The minimum atomic E-state index is -0.738. The highest BCUT2D eigenvalue weighted by atomic mass is 35.5. The third-order valence-corrected chi connectivity index (χ3v) is 7.13. The number of thiazole rings is 1. The third kappa shape index (κ3) is 5.72. The second-order valence-electron chi connectivity index (χ2n) is 8.84. The van der Waals surface area contributed by atoms with E-state index >= 15 is 0 Å². The maximum atomic E-state index is 13.8. The summed E-state index contributed by atoms with van der Waals surface area (Å²) in [6.07, 6.45) is 6.65. The first-order chi connectivity index (χ1) is 18.7. The van der Waals surface area contributed by atoms with E-state index in [9.17, 15) is 9.59 Å². The molecule has 0 fully saturated rings. The van der Waals surface area contributed by atoms with Gasteiger partial charge in [-0.25, -0.2) is 9.79 Å². The zero-order chi connectivity index (χ0) is 28.3. The Morgan fingerprint density at radius 3 is 2.56 bits per heavy atom. The summed E-state index contributed by atoms with van der Waals surface area (Å²) in [6.45, 7) is 5.31. The van der Waals surface area contributed by atoms with E-state index in [0.29, 0.717) is 49.0 Å². The minimum Gasteiger partial charge on any atom is -0.497 e. The molecule has 0 amide bonds. The molecular formula is C29H27ClN2O6S. The largest absolute Gasteiger partial charge is 0.497 e. The fourth-order valence-electron chi connectivity index (χ4n) is 4.19. The molecule has 8 nitrogen and oxygen atoms in total. The Kier molecular flexibility index (Phi) is 8.48. The lowest BCUT2D eigenvalue weighted by Gasteiger charge is -2.25. The van der Waals surface area contributed by atoms with E-state index < -0.39 is 12.0 Å². The predicted molar refractivity (Wildman–Crippen MR) is 150 cm³/mol. The molecule has 0 bridgehead atoms. The van der Waals surface area contributed by atoms with E-state index in [1.54, 1.807) is 58.2 Å². The van der Waals surface area contributed by atoms with Gasteiger partial charge in [-0.2, -0.15) is 0 Å². The summed E-state index contributed by atoms with van der Waals surface area (Å²) in [6, 6.07) is 9.83. The Morgan fingerprint density at radius 1 is 1.23 bits per heavy atom. The molecule has 2 aromatic carbocycles. The van der Waals surface area contributed by atoms with E-state index in [1.165, 1.54) is 23.0 Å². The van der Waals surface area contributed by atoms with Gasteiger partial charge in [0.2, 0.25) is 0 Å². The van der Waals surface area contributed by atoms with Crippen molar-refractivity contribution < 1.29 is 23.7 Å². The van der Waals surface area contributed by atoms with Crippen molar-refractivity contribution in [3.8, 4) is 29.6 Å². The number of esters is 1. The molecule has 1 aromatic heterocycles. The Morgan fingerprint density at radius 2 is 1.95 bits per heavy atom. The number of carbonyl (C=O) groups excluding carboxylic acids is 1. The van der Waals surface area contributed by atoms with Crippen molar-refractivity contribution in [3.05, 3.63) is 83.5 Å². The monoisotopic (exact) mass is 566 g/mol. The fourth-order valence-corrected chi connectivity index (χ4v) is 5.51. The van der Waals surface area contributed by atoms with Gasteiger partial charge in [-0.15, -0.1) is 6.42 Å². The Bertz CT molecular complexity index is 1660. The molecule has 4 rings (SSSR count). The first-order valence-electron chi connectivity index (χ1n) is 12.0. The number of nitrogens with zero attached hydrogens (tertiary/aromatic N) is 2. The van der Waals surface area contributed by atoms with Gasteiger partial charge >= 0.3 is 5.97 Å². The number of fused-ring (bicyclic) bond motifs is 1. The van der Waals surface area contributed by atoms with E-state index in [2.05, 4.69) is 10.9 Å². The van der Waals surface area contributed by atoms with Crippen LogP contribution in [-0.4, -0.2) is 37.5 Å². The van der Waals surface area contributed by atoms with Crippen LogP contribution in [0, 0.1) is 12.3 Å². The third-order valence-electron chi connectivity index (χ3n) is 5.87. The van der Waals surface area contributed by atoms with Crippen LogP contribution in [0.25, 0.3) is 6.08 Å². The van der Waals surface area contributed by atoms with Gasteiger partial charge in [0.05, 0.1) is 47.2 Å². The number of carbonyl (C=O) groups is 1. The van der Waals surface area contributed by atoms with Crippen LogP contribution in [0.1, 0.15) is 37.9 Å². The molecule has 1 aliphatic heterocycles. The standard InChI is InChI=1S/C29H27ClN2O6S/c1-7-12-37-26-21(30)13-18(14-22(26)36-6)15-23-27(33)32-25(19-8-10-20(35-5)11-9-19)24(28(34)38-16(2)3)17(4)31-29(32)39-23/h1,8-11,13-16,25H,12H2,2-6H3/b23-15-/t25-/m0/s1. The molecule has 0 saturated carbocycles. The second-order valence-corrected chi connectivity index (χ2v) is 10.3. The average molecular weight is 567 g/mol. The topological polar surface area (TPSA) is 88.4 Å². The van der Waals surface area contributed by atoms with Crippen molar-refractivity contribution in [3.63, 3.8) is 0 Å². The molecular weight excluding hydrogens is 540 g/mol. The van der Waals surface area contributed by atoms with Crippen molar-refractivity contribution in [2.75, 3.05) is 20.8 Å². The van der Waals surface area contributed by atoms with Gasteiger partial charge < -0.3 is 18.9 Å². The molecule has 1 atom stereocenters. The van der Waals surface area contributed by atoms with Gasteiger partial charge in [-0.3, -0.25) is 9.36 Å². The van der Waals surface area contributed by atoms with E-state index in [-0.39, 0.29) is 23.3 Å². The number of hydrogen-bond donors (Lipinski definition) is 0. The fraction of sp³-hybridized carbons (Fsp3) is 0.276. The van der Waals surface area contributed by atoms with Crippen LogP contribution in [0.5, 0.6) is 17.2 Å². The summed E-state index contributed by atoms with van der Waals surface area (Å²) in [5.74, 6) is 3.21. The molecule has 0 aliphatic carbocycles. The maximum Gasteiger partial charge on any atom is 0.338 e. The summed E-state index contributed by atoms with van der Waals surface area (Å²) in [5.41, 5.74) is 1.80. The number of allylic oxidation sites excluding steroid dienone is 1. The van der Waals surface area contributed by atoms with Gasteiger partial charge in [0.1, 0.15) is 12.4 Å². The van der Waals surface area contributed by atoms with Crippen molar-refractivity contribution in [2.45, 2.75) is 32.9 Å². The number of ether oxygens (including phenoxy) is 4. The smallest absolute Gasteiger partial charge is 0.338 e. The van der Waals surface area contributed by atoms with Crippen LogP contribution in [0.3, 0.4) is 0 Å². The summed E-state index contributed by atoms with van der Waals surface area (Å²) in [7, 11) is 3.06. The van der Waals surface area contributed by atoms with Gasteiger partial charge in [0.15, 0.2) is 16.3 Å². The van der Waals surface area contributed by atoms with Crippen molar-refractivity contribution in [2.24, 2.45) is 4.99 Å². The summed E-state index contributed by atoms with van der Waals surface area (Å²) < 4.78 is 23.7. The van der Waals surface area contributed by atoms with Gasteiger partial charge in [-0.1, -0.05) is 41.0 Å². The number of hydrogen-bond acceptors (Lipinski definition) is 8. The van der Waals surface area contributed by atoms with Crippen LogP contribution < -0.4 is 29.1 Å². The normalized spacial score (nSPS) is 14.9. The zero-order valence-electron chi connectivity index (χ0n) is 22.1. The molecule has 3 aromatic rings. The van der Waals surface area contributed by atoms with Crippen LogP contribution in [-0.2, 0) is 9.53 Å². The van der Waals surface area contributed by atoms with Crippen LogP contribution in [0.4, 0.5) is 0 Å². The highest BCUT2D eigenvalue weighted by molar-refractivity contribution is 7.07. The van der Waals surface area contributed by atoms with E-state index in [1.807, 2.05) is 12.1 Å². The molecule has 0 unspecified atom stereocenters. The molecule has 0 saturated heterocycles. The van der Waals surface area contributed by atoms with Crippen molar-refractivity contribution in [1.82, 2.24) is 4.57 Å². The Labute approximate surface area is 234 Å². The molecule has 202 valence electrons. The predicted octanol–water partition coefficient (Wildman–Crippen LogP) is 3.87. The van der Waals surface area contributed by atoms with Crippen molar-refractivity contribution in [1.29, 1.82) is 0 Å². The van der Waals surface area contributed by atoms with Crippen LogP contribution in [0.15, 0.2) is 57.5 Å². The van der Waals surface area contributed by atoms with Gasteiger partial charge in [0, 0.05) is 0 Å². The van der Waals surface area contributed by atoms with E-state index in [4.69, 9.17) is 37.0 Å². The maximum absolute atomic E-state index is 13.8. The lowest BCUT2D eigenvalue weighted by Crippen LogP contribution is -2.40. The Hall–Kier alpha value is -4.00. The summed E-state index contributed by atoms with van der Waals surface area (Å²) >= 11 is 7.65. The lowest BCUT2D eigenvalue weighted by atomic mass is 9.96. The average Bonchev–Trinajstić information content (AvgIpc) is 3.20. The molecule has 1 aliphatic rings. The number of benzene rings is 2. The van der Waals surface area contributed by atoms with Crippen LogP contribution in [0.2, 0.25) is 5.02 Å². The highest BCUT2D eigenvalue weighted by Crippen LogP contribution is 2.37. The number of aromatic nitrogens is 1. The Balaban J connectivity index is 1.90. The molecule has 0 radical (unpaired) electrons. The number of methoxy groups -OCH3 is 2. The minimum absolute atomic E-state index is 0.0281. The quantitative estimate of drug-likeness (QED) is 0.304. The SMILES string of the molecule is C#CCOc1c(Cl)cc(/C=c2\sc3n(c2=O)[C@@H](c2ccc(OC)cc2)C(C(=O)OC(C)C)=C(C)N=3)cc1OC. The zero-order valence-corrected chi connectivity index (χ0v) is 23.7. The lowest BCUT2D eigenvalue weighted by molar-refractivity contribution is -0.143. The first kappa shape index (κ1) is 28.0. The number of terminal acetylenes is 1. The molecule has 10 heteroatoms. The summed E-state index contributed by atoms with van der Waals surface area (Å²) in [5, 5.41) is 0.286. The highest BCUT2D eigenvalue weighted by Gasteiger charge is 2.33. The number of rotatable bonds is 8. The molecule has 39 heavy (non-hydrogen) atoms. The molecule has 0 N–H and O–H groups in total. The van der Waals surface area contributed by atoms with E-state index in [0.717, 1.165) is 0 Å². The van der Waals surface area contributed by atoms with Crippen LogP contribution >= 0.6 is 22.9 Å². The first-order valence-corrected chi connectivity index (χ1v) is 13.2. The van der Waals surface area contributed by atoms with Crippen molar-refractivity contribution >= 4 is 35.0 Å². The summed E-state index contributed by atoms with van der Waals surface area (Å²) in [4.78, 5) is 32.1. The van der Waals surface area contributed by atoms with Gasteiger partial charge in [0.25, 0.3) is 5.56 Å².